The summed E-state index contributed by atoms with van der Waals surface area (Å²) in [5.74, 6) is 1.85. The van der Waals surface area contributed by atoms with Crippen molar-refractivity contribution in [2.45, 2.75) is 56.7 Å². The molecular formula is C24H25N3O3S2. The van der Waals surface area contributed by atoms with Crippen molar-refractivity contribution in [1.29, 1.82) is 0 Å². The molecule has 0 N–H and O–H groups in total. The van der Waals surface area contributed by atoms with Gasteiger partial charge in [-0.05, 0) is 31.7 Å². The maximum absolute atomic E-state index is 13.6. The van der Waals surface area contributed by atoms with Crippen molar-refractivity contribution in [3.05, 3.63) is 63.2 Å². The average Bonchev–Trinajstić information content (AvgIpc) is 3.55. The molecule has 0 amide bonds. The van der Waals surface area contributed by atoms with Crippen molar-refractivity contribution in [3.8, 4) is 11.3 Å². The topological polar surface area (TPSA) is 70.2 Å². The molecule has 0 aliphatic carbocycles. The second-order valence-corrected chi connectivity index (χ2v) is 10.0. The number of thioether (sulfide) groups is 1. The Morgan fingerprint density at radius 1 is 1.28 bits per heavy atom. The van der Waals surface area contributed by atoms with Gasteiger partial charge in [0, 0.05) is 17.0 Å². The van der Waals surface area contributed by atoms with Gasteiger partial charge in [0.1, 0.15) is 4.83 Å². The minimum Gasteiger partial charge on any atom is -0.440 e. The molecule has 6 nitrogen and oxygen atoms in total. The van der Waals surface area contributed by atoms with E-state index < -0.39 is 0 Å². The van der Waals surface area contributed by atoms with Crippen LogP contribution in [-0.4, -0.2) is 27.2 Å². The highest BCUT2D eigenvalue weighted by atomic mass is 32.2. The summed E-state index contributed by atoms with van der Waals surface area (Å²) in [6, 6.07) is 9.92. The van der Waals surface area contributed by atoms with Crippen LogP contribution in [-0.2, 0) is 23.5 Å². The number of thiophene rings is 1. The Morgan fingerprint density at radius 3 is 2.88 bits per heavy atom. The maximum atomic E-state index is 13.6. The lowest BCUT2D eigenvalue weighted by Crippen LogP contribution is -2.29. The Hall–Kier alpha value is -2.42. The molecule has 166 valence electrons. The summed E-state index contributed by atoms with van der Waals surface area (Å²) in [5.41, 5.74) is 2.14. The van der Waals surface area contributed by atoms with Crippen molar-refractivity contribution in [2.75, 3.05) is 6.61 Å². The molecule has 1 aliphatic heterocycles. The van der Waals surface area contributed by atoms with Crippen molar-refractivity contribution in [2.24, 2.45) is 0 Å². The lowest BCUT2D eigenvalue weighted by molar-refractivity contribution is 0.0937. The first kappa shape index (κ1) is 21.4. The van der Waals surface area contributed by atoms with E-state index in [-0.39, 0.29) is 11.7 Å². The predicted octanol–water partition coefficient (Wildman–Crippen LogP) is 5.46. The SMILES string of the molecule is CCc1c(C)sc2nc(SCc3ncc(-c4ccccc4)o3)n(CC3CCCO3)c(=O)c12. The largest absolute Gasteiger partial charge is 0.440 e. The van der Waals surface area contributed by atoms with Crippen molar-refractivity contribution >= 4 is 33.3 Å². The van der Waals surface area contributed by atoms with Crippen LogP contribution < -0.4 is 5.56 Å². The van der Waals surface area contributed by atoms with Crippen LogP contribution in [0.3, 0.4) is 0 Å². The third kappa shape index (κ3) is 4.14. The fourth-order valence-electron chi connectivity index (χ4n) is 4.16. The van der Waals surface area contributed by atoms with E-state index in [9.17, 15) is 4.79 Å². The first-order chi connectivity index (χ1) is 15.6. The molecule has 1 unspecified atom stereocenters. The van der Waals surface area contributed by atoms with Crippen molar-refractivity contribution in [1.82, 2.24) is 14.5 Å². The molecule has 1 saturated heterocycles. The van der Waals surface area contributed by atoms with Crippen LogP contribution in [0.1, 0.15) is 36.1 Å². The molecule has 1 aromatic carbocycles. The summed E-state index contributed by atoms with van der Waals surface area (Å²) in [4.78, 5) is 24.9. The van der Waals surface area contributed by atoms with E-state index in [4.69, 9.17) is 14.1 Å². The van der Waals surface area contributed by atoms with Gasteiger partial charge in [0.15, 0.2) is 10.9 Å². The standard InChI is InChI=1S/C24H25N3O3S2/c1-3-18-15(2)32-22-21(18)23(28)27(13-17-10-7-11-29-17)24(26-22)31-14-20-25-12-19(30-20)16-8-5-4-6-9-16/h4-6,8-9,12,17H,3,7,10-11,13-14H2,1-2H3. The van der Waals surface area contributed by atoms with Crippen LogP contribution >= 0.6 is 23.1 Å². The number of aryl methyl sites for hydroxylation is 2. The Balaban J connectivity index is 1.47. The number of rotatable bonds is 7. The second kappa shape index (κ2) is 9.21. The molecule has 0 spiro atoms. The number of fused-ring (bicyclic) bond motifs is 1. The molecule has 32 heavy (non-hydrogen) atoms. The van der Waals surface area contributed by atoms with E-state index >= 15 is 0 Å². The smallest absolute Gasteiger partial charge is 0.263 e. The van der Waals surface area contributed by atoms with Gasteiger partial charge in [-0.2, -0.15) is 0 Å². The van der Waals surface area contributed by atoms with Gasteiger partial charge in [-0.3, -0.25) is 9.36 Å². The van der Waals surface area contributed by atoms with Gasteiger partial charge >= 0.3 is 0 Å². The Morgan fingerprint density at radius 2 is 2.12 bits per heavy atom. The van der Waals surface area contributed by atoms with Crippen LogP contribution in [0.25, 0.3) is 21.5 Å². The number of benzene rings is 1. The van der Waals surface area contributed by atoms with Crippen LogP contribution in [0, 0.1) is 6.92 Å². The minimum atomic E-state index is 0.0339. The average molecular weight is 468 g/mol. The molecule has 3 aromatic heterocycles. The lowest BCUT2D eigenvalue weighted by atomic mass is 10.1. The highest BCUT2D eigenvalue weighted by Crippen LogP contribution is 2.31. The summed E-state index contributed by atoms with van der Waals surface area (Å²) in [7, 11) is 0. The number of aromatic nitrogens is 3. The van der Waals surface area contributed by atoms with E-state index in [0.717, 1.165) is 57.9 Å². The number of ether oxygens (including phenoxy) is 1. The molecule has 1 fully saturated rings. The van der Waals surface area contributed by atoms with Crippen molar-refractivity contribution < 1.29 is 9.15 Å². The lowest BCUT2D eigenvalue weighted by Gasteiger charge is -2.15. The zero-order valence-corrected chi connectivity index (χ0v) is 19.8. The Bertz CT molecular complexity index is 1290. The molecule has 0 bridgehead atoms. The monoisotopic (exact) mass is 467 g/mol. The highest BCUT2D eigenvalue weighted by Gasteiger charge is 2.23. The van der Waals surface area contributed by atoms with E-state index in [0.29, 0.717) is 23.3 Å². The molecule has 1 aliphatic rings. The molecule has 1 atom stereocenters. The molecule has 8 heteroatoms. The third-order valence-electron chi connectivity index (χ3n) is 5.78. The first-order valence-corrected chi connectivity index (χ1v) is 12.7. The van der Waals surface area contributed by atoms with Crippen LogP contribution in [0.2, 0.25) is 0 Å². The molecule has 5 rings (SSSR count). The van der Waals surface area contributed by atoms with Crippen molar-refractivity contribution in [3.63, 3.8) is 0 Å². The predicted molar refractivity (Wildman–Crippen MR) is 128 cm³/mol. The number of hydrogen-bond donors (Lipinski definition) is 0. The van der Waals surface area contributed by atoms with Gasteiger partial charge in [-0.1, -0.05) is 49.0 Å². The van der Waals surface area contributed by atoms with Crippen LogP contribution in [0.5, 0.6) is 0 Å². The number of oxazole rings is 1. The normalized spacial score (nSPS) is 16.2. The van der Waals surface area contributed by atoms with Gasteiger partial charge in [0.2, 0.25) is 5.89 Å². The summed E-state index contributed by atoms with van der Waals surface area (Å²) >= 11 is 3.09. The van der Waals surface area contributed by atoms with Gasteiger partial charge < -0.3 is 9.15 Å². The number of hydrogen-bond acceptors (Lipinski definition) is 7. The molecule has 0 radical (unpaired) electrons. The zero-order chi connectivity index (χ0) is 22.1. The molecule has 0 saturated carbocycles. The van der Waals surface area contributed by atoms with E-state index in [1.165, 1.54) is 11.8 Å². The second-order valence-electron chi connectivity index (χ2n) is 7.89. The van der Waals surface area contributed by atoms with Crippen LogP contribution in [0.4, 0.5) is 0 Å². The van der Waals surface area contributed by atoms with Gasteiger partial charge in [-0.15, -0.1) is 11.3 Å². The summed E-state index contributed by atoms with van der Waals surface area (Å²) in [5, 5.41) is 1.46. The summed E-state index contributed by atoms with van der Waals surface area (Å²) in [6.07, 6.45) is 4.64. The van der Waals surface area contributed by atoms with Crippen LogP contribution in [0.15, 0.2) is 50.9 Å². The Labute approximate surface area is 194 Å². The van der Waals surface area contributed by atoms with E-state index in [1.807, 2.05) is 30.3 Å². The molecular weight excluding hydrogens is 442 g/mol. The minimum absolute atomic E-state index is 0.0339. The highest BCUT2D eigenvalue weighted by molar-refractivity contribution is 7.98. The quantitative estimate of drug-likeness (QED) is 0.266. The Kier molecular flexibility index (Phi) is 6.17. The van der Waals surface area contributed by atoms with E-state index in [1.54, 1.807) is 22.1 Å². The van der Waals surface area contributed by atoms with Gasteiger partial charge in [-0.25, -0.2) is 9.97 Å². The summed E-state index contributed by atoms with van der Waals surface area (Å²) < 4.78 is 13.6. The fourth-order valence-corrected chi connectivity index (χ4v) is 6.18. The fraction of sp³-hybridized carbons (Fsp3) is 0.375. The van der Waals surface area contributed by atoms with Gasteiger partial charge in [0.25, 0.3) is 5.56 Å². The van der Waals surface area contributed by atoms with E-state index in [2.05, 4.69) is 18.8 Å². The third-order valence-corrected chi connectivity index (χ3v) is 7.78. The molecule has 4 aromatic rings. The zero-order valence-electron chi connectivity index (χ0n) is 18.2. The first-order valence-electron chi connectivity index (χ1n) is 10.9. The number of nitrogens with zero attached hydrogens (tertiary/aromatic N) is 3. The summed E-state index contributed by atoms with van der Waals surface area (Å²) in [6.45, 7) is 5.45. The maximum Gasteiger partial charge on any atom is 0.263 e. The van der Waals surface area contributed by atoms with Gasteiger partial charge in [0.05, 0.1) is 30.0 Å². The molecule has 4 heterocycles.